The van der Waals surface area contributed by atoms with Crippen LogP contribution in [-0.2, 0) is 0 Å². The van der Waals surface area contributed by atoms with E-state index < -0.39 is 0 Å². The average Bonchev–Trinajstić information content (AvgIpc) is 2.48. The van der Waals surface area contributed by atoms with Gasteiger partial charge >= 0.3 is 0 Å². The van der Waals surface area contributed by atoms with Crippen molar-refractivity contribution >= 4 is 0 Å². The average molecular weight is 302 g/mol. The minimum Gasteiger partial charge on any atom is -0.396 e. The van der Waals surface area contributed by atoms with Gasteiger partial charge in [-0.05, 0) is 31.7 Å². The normalized spacial score (nSPS) is 11.4. The van der Waals surface area contributed by atoms with Crippen molar-refractivity contribution < 1.29 is 10.2 Å². The summed E-state index contributed by atoms with van der Waals surface area (Å²) in [4.78, 5) is 0. The van der Waals surface area contributed by atoms with Gasteiger partial charge in [0.2, 0.25) is 0 Å². The molecular formula is C18H39NO2. The fraction of sp³-hybridized carbons (Fsp3) is 1.00. The van der Waals surface area contributed by atoms with Gasteiger partial charge in [0.15, 0.2) is 0 Å². The van der Waals surface area contributed by atoms with E-state index in [1.807, 2.05) is 0 Å². The van der Waals surface area contributed by atoms with Gasteiger partial charge in [0.25, 0.3) is 0 Å². The van der Waals surface area contributed by atoms with Crippen LogP contribution in [0.2, 0.25) is 0 Å². The Balaban J connectivity index is 3.17. The Kier molecular flexibility index (Phi) is 17.8. The predicted octanol–water partition coefficient (Wildman–Crippen LogP) is 4.01. The molecule has 0 aromatic heterocycles. The number of aliphatic hydroxyl groups excluding tert-OH is 2. The van der Waals surface area contributed by atoms with Crippen LogP contribution in [0, 0.1) is 5.92 Å². The summed E-state index contributed by atoms with van der Waals surface area (Å²) in [5.41, 5.74) is 5.48. The van der Waals surface area contributed by atoms with Gasteiger partial charge in [-0.2, -0.15) is 0 Å². The molecule has 0 saturated carbocycles. The molecule has 3 heteroatoms. The summed E-state index contributed by atoms with van der Waals surface area (Å²) >= 11 is 0. The zero-order valence-corrected chi connectivity index (χ0v) is 14.1. The van der Waals surface area contributed by atoms with E-state index in [2.05, 4.69) is 0 Å². The van der Waals surface area contributed by atoms with Crippen LogP contribution in [0.5, 0.6) is 0 Å². The molecule has 21 heavy (non-hydrogen) atoms. The number of hydrogen-bond acceptors (Lipinski definition) is 3. The van der Waals surface area contributed by atoms with Crippen molar-refractivity contribution in [2.45, 2.75) is 89.9 Å². The Bertz CT molecular complexity index is 182. The number of rotatable bonds is 17. The van der Waals surface area contributed by atoms with E-state index in [9.17, 15) is 0 Å². The Morgan fingerprint density at radius 2 is 0.905 bits per heavy atom. The molecule has 0 aromatic rings. The van der Waals surface area contributed by atoms with Crippen LogP contribution in [-0.4, -0.2) is 30.0 Å². The van der Waals surface area contributed by atoms with E-state index in [0.29, 0.717) is 5.92 Å². The van der Waals surface area contributed by atoms with Crippen molar-refractivity contribution in [3.63, 3.8) is 0 Å². The van der Waals surface area contributed by atoms with Crippen LogP contribution in [0.3, 0.4) is 0 Å². The number of aliphatic hydroxyl groups is 2. The third-order valence-corrected chi connectivity index (χ3v) is 4.39. The summed E-state index contributed by atoms with van der Waals surface area (Å²) in [6.45, 7) is 1.36. The Morgan fingerprint density at radius 3 is 1.29 bits per heavy atom. The highest BCUT2D eigenvalue weighted by molar-refractivity contribution is 4.59. The van der Waals surface area contributed by atoms with Crippen LogP contribution >= 0.6 is 0 Å². The minimum absolute atomic E-state index is 0.260. The second-order valence-electron chi connectivity index (χ2n) is 6.36. The van der Waals surface area contributed by atoms with Crippen molar-refractivity contribution in [1.82, 2.24) is 0 Å². The summed E-state index contributed by atoms with van der Waals surface area (Å²) in [7, 11) is 0. The molecule has 3 nitrogen and oxygen atoms in total. The summed E-state index contributed by atoms with van der Waals surface area (Å²) < 4.78 is 0. The lowest BCUT2D eigenvalue weighted by atomic mass is 9.94. The lowest BCUT2D eigenvalue weighted by Gasteiger charge is -2.13. The van der Waals surface area contributed by atoms with E-state index in [0.717, 1.165) is 19.4 Å². The van der Waals surface area contributed by atoms with Gasteiger partial charge in [-0.1, -0.05) is 70.6 Å². The van der Waals surface area contributed by atoms with Crippen molar-refractivity contribution in [3.05, 3.63) is 0 Å². The molecule has 0 amide bonds. The van der Waals surface area contributed by atoms with Crippen LogP contribution in [0.25, 0.3) is 0 Å². The molecule has 0 rings (SSSR count). The molecule has 0 saturated heterocycles. The fourth-order valence-corrected chi connectivity index (χ4v) is 2.97. The molecule has 0 aliphatic rings. The molecule has 128 valence electrons. The molecule has 0 aromatic carbocycles. The van der Waals surface area contributed by atoms with Crippen LogP contribution in [0.1, 0.15) is 89.9 Å². The van der Waals surface area contributed by atoms with E-state index in [4.69, 9.17) is 15.9 Å². The molecule has 0 unspecified atom stereocenters. The van der Waals surface area contributed by atoms with Crippen molar-refractivity contribution in [1.29, 1.82) is 0 Å². The summed E-state index contributed by atoms with van der Waals surface area (Å²) in [6.07, 6.45) is 17.5. The number of unbranched alkanes of at least 4 members (excludes halogenated alkanes) is 10. The number of nitrogens with two attached hydrogens (primary N) is 1. The molecule has 0 radical (unpaired) electrons. The van der Waals surface area contributed by atoms with Crippen molar-refractivity contribution in [2.24, 2.45) is 11.7 Å². The summed E-state index contributed by atoms with van der Waals surface area (Å²) in [6, 6.07) is 0. The van der Waals surface area contributed by atoms with E-state index in [1.165, 1.54) is 77.0 Å². The third-order valence-electron chi connectivity index (χ3n) is 4.39. The van der Waals surface area contributed by atoms with Gasteiger partial charge in [-0.3, -0.25) is 0 Å². The van der Waals surface area contributed by atoms with Crippen molar-refractivity contribution in [2.75, 3.05) is 19.8 Å². The topological polar surface area (TPSA) is 66.5 Å². The maximum absolute atomic E-state index is 8.97. The first-order chi connectivity index (χ1) is 10.3. The highest BCUT2D eigenvalue weighted by Crippen LogP contribution is 2.18. The van der Waals surface area contributed by atoms with E-state index in [-0.39, 0.29) is 13.2 Å². The number of hydrogen-bond donors (Lipinski definition) is 3. The molecule has 4 N–H and O–H groups in total. The molecule has 0 aliphatic carbocycles. The molecule has 0 aliphatic heterocycles. The lowest BCUT2D eigenvalue weighted by Crippen LogP contribution is -2.05. The van der Waals surface area contributed by atoms with Gasteiger partial charge in [0.1, 0.15) is 0 Å². The molecule has 0 spiro atoms. The second-order valence-corrected chi connectivity index (χ2v) is 6.36. The smallest absolute Gasteiger partial charge is 0.0433 e. The van der Waals surface area contributed by atoms with Crippen molar-refractivity contribution in [3.8, 4) is 0 Å². The molecule has 0 heterocycles. The molecule has 0 fully saturated rings. The first-order valence-corrected chi connectivity index (χ1v) is 9.27. The third kappa shape index (κ3) is 16.1. The van der Waals surface area contributed by atoms with Gasteiger partial charge in [-0.25, -0.2) is 0 Å². The zero-order chi connectivity index (χ0) is 15.6. The summed E-state index contributed by atoms with van der Waals surface area (Å²) in [5, 5.41) is 17.9. The van der Waals surface area contributed by atoms with Gasteiger partial charge < -0.3 is 15.9 Å². The molecular weight excluding hydrogens is 262 g/mol. The Labute approximate surface area is 132 Å². The Hall–Kier alpha value is -0.120. The van der Waals surface area contributed by atoms with Gasteiger partial charge in [0.05, 0.1) is 0 Å². The SMILES string of the molecule is NCCCCCCCCCCCCCC(CCO)CCO. The maximum atomic E-state index is 8.97. The first kappa shape index (κ1) is 20.9. The van der Waals surface area contributed by atoms with Crippen LogP contribution < -0.4 is 5.73 Å². The van der Waals surface area contributed by atoms with E-state index in [1.54, 1.807) is 0 Å². The largest absolute Gasteiger partial charge is 0.396 e. The predicted molar refractivity (Wildman–Crippen MR) is 91.4 cm³/mol. The van der Waals surface area contributed by atoms with Crippen LogP contribution in [0.4, 0.5) is 0 Å². The standard InChI is InChI=1S/C18H39NO2/c19-15-11-9-7-5-3-1-2-4-6-8-10-12-18(13-16-20)14-17-21/h18,20-21H,1-17,19H2. The lowest BCUT2D eigenvalue weighted by molar-refractivity contribution is 0.207. The zero-order valence-electron chi connectivity index (χ0n) is 14.1. The van der Waals surface area contributed by atoms with Crippen LogP contribution in [0.15, 0.2) is 0 Å². The Morgan fingerprint density at radius 1 is 0.524 bits per heavy atom. The van der Waals surface area contributed by atoms with E-state index >= 15 is 0 Å². The molecule has 0 atom stereocenters. The quantitative estimate of drug-likeness (QED) is 0.356. The highest BCUT2D eigenvalue weighted by atomic mass is 16.3. The summed E-state index contributed by atoms with van der Waals surface area (Å²) in [5.74, 6) is 0.522. The minimum atomic E-state index is 0.260. The highest BCUT2D eigenvalue weighted by Gasteiger charge is 2.06. The van der Waals surface area contributed by atoms with Gasteiger partial charge in [0, 0.05) is 13.2 Å². The second kappa shape index (κ2) is 17.9. The molecule has 0 bridgehead atoms. The maximum Gasteiger partial charge on any atom is 0.0433 e. The van der Waals surface area contributed by atoms with Gasteiger partial charge in [-0.15, -0.1) is 0 Å². The first-order valence-electron chi connectivity index (χ1n) is 9.27. The fourth-order valence-electron chi connectivity index (χ4n) is 2.97. The monoisotopic (exact) mass is 301 g/mol.